The monoisotopic (exact) mass is 318 g/mol. The second-order valence-corrected chi connectivity index (χ2v) is 6.36. The molecule has 2 N–H and O–H groups in total. The number of benzene rings is 2. The standard InChI is InChI=1S/C15H14N2O4S/c18-15-14-8-13(7-6-12(14)10-21-15)17-22(19,20)16-9-11-4-2-1-3-5-11/h1-8,16-17H,9-10H2. The highest BCUT2D eigenvalue weighted by atomic mass is 32.2. The van der Waals surface area contributed by atoms with Crippen LogP contribution in [0.4, 0.5) is 5.69 Å². The molecule has 0 atom stereocenters. The van der Waals surface area contributed by atoms with E-state index in [0.717, 1.165) is 11.1 Å². The average molecular weight is 318 g/mol. The number of cyclic esters (lactones) is 1. The number of esters is 1. The van der Waals surface area contributed by atoms with Crippen LogP contribution in [0.5, 0.6) is 0 Å². The number of carbonyl (C=O) groups is 1. The zero-order valence-electron chi connectivity index (χ0n) is 11.6. The molecule has 3 rings (SSSR count). The van der Waals surface area contributed by atoms with Crippen molar-refractivity contribution in [3.05, 3.63) is 65.2 Å². The van der Waals surface area contributed by atoms with Crippen LogP contribution in [0.3, 0.4) is 0 Å². The molecular weight excluding hydrogens is 304 g/mol. The molecule has 0 aromatic heterocycles. The van der Waals surface area contributed by atoms with Crippen LogP contribution >= 0.6 is 0 Å². The number of hydrogen-bond donors (Lipinski definition) is 2. The smallest absolute Gasteiger partial charge is 0.338 e. The predicted octanol–water partition coefficient (Wildman–Crippen LogP) is 1.80. The van der Waals surface area contributed by atoms with Crippen molar-refractivity contribution >= 4 is 21.9 Å². The minimum Gasteiger partial charge on any atom is -0.457 e. The Balaban J connectivity index is 1.69. The van der Waals surface area contributed by atoms with E-state index in [0.29, 0.717) is 11.3 Å². The number of fused-ring (bicyclic) bond motifs is 1. The molecule has 0 aliphatic carbocycles. The van der Waals surface area contributed by atoms with Crippen molar-refractivity contribution < 1.29 is 17.9 Å². The fourth-order valence-corrected chi connectivity index (χ4v) is 3.01. The third-order valence-electron chi connectivity index (χ3n) is 3.25. The summed E-state index contributed by atoms with van der Waals surface area (Å²) >= 11 is 0. The van der Waals surface area contributed by atoms with E-state index in [9.17, 15) is 13.2 Å². The van der Waals surface area contributed by atoms with Gasteiger partial charge in [-0.1, -0.05) is 36.4 Å². The number of rotatable bonds is 5. The van der Waals surface area contributed by atoms with Crippen molar-refractivity contribution in [1.82, 2.24) is 4.72 Å². The van der Waals surface area contributed by atoms with Gasteiger partial charge >= 0.3 is 5.97 Å². The van der Waals surface area contributed by atoms with E-state index in [1.54, 1.807) is 12.1 Å². The quantitative estimate of drug-likeness (QED) is 0.823. The third kappa shape index (κ3) is 3.26. The first kappa shape index (κ1) is 14.6. The number of ether oxygens (including phenoxy) is 1. The second kappa shape index (κ2) is 5.78. The summed E-state index contributed by atoms with van der Waals surface area (Å²) in [6.07, 6.45) is 0. The van der Waals surface area contributed by atoms with Gasteiger partial charge in [0.1, 0.15) is 6.61 Å². The summed E-state index contributed by atoms with van der Waals surface area (Å²) < 4.78 is 33.8. The zero-order valence-corrected chi connectivity index (χ0v) is 12.4. The molecule has 0 bridgehead atoms. The van der Waals surface area contributed by atoms with Crippen LogP contribution in [-0.4, -0.2) is 14.4 Å². The van der Waals surface area contributed by atoms with Gasteiger partial charge in [-0.3, -0.25) is 4.72 Å². The van der Waals surface area contributed by atoms with E-state index in [4.69, 9.17) is 4.74 Å². The molecule has 114 valence electrons. The fraction of sp³-hybridized carbons (Fsp3) is 0.133. The first-order valence-corrected chi connectivity index (χ1v) is 8.13. The molecule has 6 nitrogen and oxygen atoms in total. The first-order valence-electron chi connectivity index (χ1n) is 6.65. The largest absolute Gasteiger partial charge is 0.457 e. The minimum atomic E-state index is -3.72. The molecule has 0 fully saturated rings. The lowest BCUT2D eigenvalue weighted by Gasteiger charge is -2.10. The highest BCUT2D eigenvalue weighted by Crippen LogP contribution is 2.23. The van der Waals surface area contributed by atoms with Gasteiger partial charge in [0.15, 0.2) is 0 Å². The van der Waals surface area contributed by atoms with Crippen molar-refractivity contribution in [3.63, 3.8) is 0 Å². The molecule has 0 amide bonds. The highest BCUT2D eigenvalue weighted by molar-refractivity contribution is 7.90. The Labute approximate surface area is 128 Å². The molecule has 7 heteroatoms. The van der Waals surface area contributed by atoms with E-state index in [1.807, 2.05) is 30.3 Å². The Morgan fingerprint density at radius 1 is 1.09 bits per heavy atom. The van der Waals surface area contributed by atoms with E-state index >= 15 is 0 Å². The van der Waals surface area contributed by atoms with Gasteiger partial charge in [0.2, 0.25) is 0 Å². The summed E-state index contributed by atoms with van der Waals surface area (Å²) in [7, 11) is -3.72. The van der Waals surface area contributed by atoms with Crippen LogP contribution in [0.1, 0.15) is 21.5 Å². The predicted molar refractivity (Wildman–Crippen MR) is 81.4 cm³/mol. The number of anilines is 1. The molecular formula is C15H14N2O4S. The summed E-state index contributed by atoms with van der Waals surface area (Å²) in [5.74, 6) is -0.437. The van der Waals surface area contributed by atoms with Crippen molar-refractivity contribution in [2.75, 3.05) is 4.72 Å². The fourth-order valence-electron chi connectivity index (χ4n) is 2.14. The molecule has 1 aliphatic rings. The van der Waals surface area contributed by atoms with E-state index in [-0.39, 0.29) is 13.2 Å². The molecule has 0 saturated heterocycles. The van der Waals surface area contributed by atoms with E-state index < -0.39 is 16.2 Å². The number of nitrogens with one attached hydrogen (secondary N) is 2. The summed E-state index contributed by atoms with van der Waals surface area (Å²) in [6, 6.07) is 13.9. The topological polar surface area (TPSA) is 84.5 Å². The Morgan fingerprint density at radius 3 is 2.64 bits per heavy atom. The van der Waals surface area contributed by atoms with Gasteiger partial charge in [-0.15, -0.1) is 0 Å². The Bertz CT molecular complexity index is 804. The van der Waals surface area contributed by atoms with Crippen molar-refractivity contribution in [2.24, 2.45) is 0 Å². The molecule has 2 aromatic rings. The molecule has 0 saturated carbocycles. The highest BCUT2D eigenvalue weighted by Gasteiger charge is 2.22. The summed E-state index contributed by atoms with van der Waals surface area (Å²) in [5, 5.41) is 0. The third-order valence-corrected chi connectivity index (χ3v) is 4.28. The molecule has 0 radical (unpaired) electrons. The number of hydrogen-bond acceptors (Lipinski definition) is 4. The van der Waals surface area contributed by atoms with Gasteiger partial charge in [-0.25, -0.2) is 4.79 Å². The summed E-state index contributed by atoms with van der Waals surface area (Å²) in [4.78, 5) is 11.5. The van der Waals surface area contributed by atoms with Crippen LogP contribution < -0.4 is 9.44 Å². The molecule has 0 spiro atoms. The van der Waals surface area contributed by atoms with Gasteiger partial charge in [0, 0.05) is 12.1 Å². The van der Waals surface area contributed by atoms with Gasteiger partial charge < -0.3 is 4.74 Å². The number of carbonyl (C=O) groups excluding carboxylic acids is 1. The van der Waals surface area contributed by atoms with Gasteiger partial charge in [0.25, 0.3) is 10.2 Å². The minimum absolute atomic E-state index is 0.184. The van der Waals surface area contributed by atoms with Crippen LogP contribution in [-0.2, 0) is 28.1 Å². The van der Waals surface area contributed by atoms with Gasteiger partial charge in [-0.05, 0) is 17.7 Å². The van der Waals surface area contributed by atoms with E-state index in [1.165, 1.54) is 6.07 Å². The van der Waals surface area contributed by atoms with Crippen LogP contribution in [0, 0.1) is 0 Å². The van der Waals surface area contributed by atoms with Crippen molar-refractivity contribution in [2.45, 2.75) is 13.2 Å². The van der Waals surface area contributed by atoms with Crippen molar-refractivity contribution in [1.29, 1.82) is 0 Å². The summed E-state index contributed by atoms with van der Waals surface area (Å²) in [6.45, 7) is 0.413. The lowest BCUT2D eigenvalue weighted by atomic mass is 10.1. The van der Waals surface area contributed by atoms with Crippen LogP contribution in [0.2, 0.25) is 0 Å². The maximum absolute atomic E-state index is 12.0. The Kier molecular flexibility index (Phi) is 3.82. The lowest BCUT2D eigenvalue weighted by molar-refractivity contribution is 0.0535. The molecule has 2 aromatic carbocycles. The Hall–Kier alpha value is -2.38. The summed E-state index contributed by atoms with van der Waals surface area (Å²) in [5.41, 5.74) is 2.32. The zero-order chi connectivity index (χ0) is 15.6. The maximum atomic E-state index is 12.0. The molecule has 1 aliphatic heterocycles. The second-order valence-electron chi connectivity index (χ2n) is 4.86. The maximum Gasteiger partial charge on any atom is 0.338 e. The van der Waals surface area contributed by atoms with E-state index in [2.05, 4.69) is 9.44 Å². The van der Waals surface area contributed by atoms with Crippen LogP contribution in [0.15, 0.2) is 48.5 Å². The molecule has 0 unspecified atom stereocenters. The average Bonchev–Trinajstić information content (AvgIpc) is 2.87. The SMILES string of the molecule is O=C1OCc2ccc(NS(=O)(=O)NCc3ccccc3)cc21. The van der Waals surface area contributed by atoms with Gasteiger partial charge in [-0.2, -0.15) is 13.1 Å². The lowest BCUT2D eigenvalue weighted by Crippen LogP contribution is -2.29. The normalized spacial score (nSPS) is 13.5. The molecule has 1 heterocycles. The Morgan fingerprint density at radius 2 is 1.86 bits per heavy atom. The van der Waals surface area contributed by atoms with Crippen molar-refractivity contribution in [3.8, 4) is 0 Å². The van der Waals surface area contributed by atoms with Crippen LogP contribution in [0.25, 0.3) is 0 Å². The van der Waals surface area contributed by atoms with Gasteiger partial charge in [0.05, 0.1) is 11.3 Å². The molecule has 22 heavy (non-hydrogen) atoms. The first-order chi connectivity index (χ1) is 10.5.